The molecule has 0 spiro atoms. The Morgan fingerprint density at radius 2 is 2.19 bits per heavy atom. The van der Waals surface area contributed by atoms with E-state index in [-0.39, 0.29) is 0 Å². The second-order valence-electron chi connectivity index (χ2n) is 3.54. The van der Waals surface area contributed by atoms with Crippen LogP contribution in [-0.2, 0) is 12.8 Å². The standard InChI is InChI=1S/C12H12BrNO2/c1-2-9-8(3-4-14)7-10-12(11(9)13)16-6-5-15-10/h7H,2-3,5-6H2,1H3. The zero-order valence-electron chi connectivity index (χ0n) is 9.05. The lowest BCUT2D eigenvalue weighted by Crippen LogP contribution is -2.16. The minimum Gasteiger partial charge on any atom is -0.486 e. The molecule has 0 saturated carbocycles. The van der Waals surface area contributed by atoms with E-state index < -0.39 is 0 Å². The molecule has 16 heavy (non-hydrogen) atoms. The first kappa shape index (κ1) is 11.3. The van der Waals surface area contributed by atoms with Gasteiger partial charge >= 0.3 is 0 Å². The maximum absolute atomic E-state index is 8.80. The first-order valence-corrected chi connectivity index (χ1v) is 6.04. The summed E-state index contributed by atoms with van der Waals surface area (Å²) in [5.74, 6) is 1.50. The van der Waals surface area contributed by atoms with Gasteiger partial charge in [-0.3, -0.25) is 0 Å². The molecule has 1 aromatic rings. The van der Waals surface area contributed by atoms with Gasteiger partial charge in [0.05, 0.1) is 17.0 Å². The van der Waals surface area contributed by atoms with Gasteiger partial charge in [0, 0.05) is 0 Å². The average Bonchev–Trinajstić information content (AvgIpc) is 2.30. The monoisotopic (exact) mass is 281 g/mol. The normalized spacial score (nSPS) is 13.3. The number of halogens is 1. The molecular formula is C12H12BrNO2. The number of hydrogen-bond donors (Lipinski definition) is 0. The predicted molar refractivity (Wildman–Crippen MR) is 63.8 cm³/mol. The van der Waals surface area contributed by atoms with Crippen LogP contribution < -0.4 is 9.47 Å². The lowest BCUT2D eigenvalue weighted by molar-refractivity contribution is 0.170. The van der Waals surface area contributed by atoms with Crippen LogP contribution in [0.3, 0.4) is 0 Å². The Morgan fingerprint density at radius 1 is 1.44 bits per heavy atom. The third-order valence-electron chi connectivity index (χ3n) is 2.59. The Morgan fingerprint density at radius 3 is 2.88 bits per heavy atom. The topological polar surface area (TPSA) is 42.2 Å². The van der Waals surface area contributed by atoms with Crippen LogP contribution in [0.4, 0.5) is 0 Å². The molecule has 2 rings (SSSR count). The highest BCUT2D eigenvalue weighted by Gasteiger charge is 2.20. The molecule has 0 fully saturated rings. The molecule has 1 aromatic carbocycles. The minimum absolute atomic E-state index is 0.401. The number of nitriles is 1. The van der Waals surface area contributed by atoms with Crippen molar-refractivity contribution in [3.8, 4) is 17.6 Å². The van der Waals surface area contributed by atoms with Gasteiger partial charge in [0.2, 0.25) is 0 Å². The Labute approximate surface area is 103 Å². The highest BCUT2D eigenvalue weighted by atomic mass is 79.9. The van der Waals surface area contributed by atoms with Crippen molar-refractivity contribution < 1.29 is 9.47 Å². The van der Waals surface area contributed by atoms with E-state index in [1.807, 2.05) is 6.07 Å². The van der Waals surface area contributed by atoms with Gasteiger partial charge in [0.25, 0.3) is 0 Å². The van der Waals surface area contributed by atoms with E-state index in [0.29, 0.717) is 19.6 Å². The van der Waals surface area contributed by atoms with Crippen molar-refractivity contribution in [3.63, 3.8) is 0 Å². The molecule has 0 unspecified atom stereocenters. The summed E-state index contributed by atoms with van der Waals surface area (Å²) in [6.45, 7) is 3.21. The average molecular weight is 282 g/mol. The second kappa shape index (κ2) is 4.75. The second-order valence-corrected chi connectivity index (χ2v) is 4.33. The predicted octanol–water partition coefficient (Wildman–Crippen LogP) is 2.85. The number of fused-ring (bicyclic) bond motifs is 1. The quantitative estimate of drug-likeness (QED) is 0.837. The van der Waals surface area contributed by atoms with Gasteiger partial charge in [-0.1, -0.05) is 6.92 Å². The van der Waals surface area contributed by atoms with Gasteiger partial charge in [-0.25, -0.2) is 0 Å². The fourth-order valence-electron chi connectivity index (χ4n) is 1.86. The highest BCUT2D eigenvalue weighted by Crippen LogP contribution is 2.41. The molecule has 84 valence electrons. The molecule has 4 heteroatoms. The Hall–Kier alpha value is -1.21. The summed E-state index contributed by atoms with van der Waals surface area (Å²) >= 11 is 3.53. The third kappa shape index (κ3) is 1.88. The molecule has 0 N–H and O–H groups in total. The Kier molecular flexibility index (Phi) is 3.35. The van der Waals surface area contributed by atoms with E-state index >= 15 is 0 Å². The van der Waals surface area contributed by atoms with Crippen molar-refractivity contribution in [2.24, 2.45) is 0 Å². The SMILES string of the molecule is CCc1c(CC#N)cc2c(c1Br)OCCO2. The molecular weight excluding hydrogens is 270 g/mol. The van der Waals surface area contributed by atoms with E-state index in [0.717, 1.165) is 33.5 Å². The smallest absolute Gasteiger partial charge is 0.175 e. The molecule has 0 aromatic heterocycles. The molecule has 0 radical (unpaired) electrons. The molecule has 0 aliphatic carbocycles. The van der Waals surface area contributed by atoms with Crippen LogP contribution in [-0.4, -0.2) is 13.2 Å². The summed E-state index contributed by atoms with van der Waals surface area (Å²) in [6, 6.07) is 4.09. The van der Waals surface area contributed by atoms with Crippen LogP contribution in [0.5, 0.6) is 11.5 Å². The van der Waals surface area contributed by atoms with E-state index in [2.05, 4.69) is 28.9 Å². The van der Waals surface area contributed by atoms with E-state index in [4.69, 9.17) is 14.7 Å². The van der Waals surface area contributed by atoms with Crippen LogP contribution in [0.15, 0.2) is 10.5 Å². The first-order chi connectivity index (χ1) is 7.77. The minimum atomic E-state index is 0.401. The van der Waals surface area contributed by atoms with Crippen LogP contribution in [0.25, 0.3) is 0 Å². The summed E-state index contributed by atoms with van der Waals surface area (Å²) < 4.78 is 12.0. The van der Waals surface area contributed by atoms with Crippen LogP contribution in [0.2, 0.25) is 0 Å². The molecule has 0 amide bonds. The molecule has 3 nitrogen and oxygen atoms in total. The fraction of sp³-hybridized carbons (Fsp3) is 0.417. The number of benzene rings is 1. The van der Waals surface area contributed by atoms with Crippen molar-refractivity contribution in [1.82, 2.24) is 0 Å². The highest BCUT2D eigenvalue weighted by molar-refractivity contribution is 9.10. The van der Waals surface area contributed by atoms with Crippen molar-refractivity contribution in [2.75, 3.05) is 13.2 Å². The summed E-state index contributed by atoms with van der Waals surface area (Å²) in [7, 11) is 0. The van der Waals surface area contributed by atoms with E-state index in [9.17, 15) is 0 Å². The van der Waals surface area contributed by atoms with Crippen molar-refractivity contribution in [3.05, 3.63) is 21.7 Å². The van der Waals surface area contributed by atoms with E-state index in [1.165, 1.54) is 0 Å². The van der Waals surface area contributed by atoms with Gasteiger partial charge in [-0.05, 0) is 39.5 Å². The molecule has 1 heterocycles. The molecule has 1 aliphatic heterocycles. The lowest BCUT2D eigenvalue weighted by atomic mass is 10.0. The largest absolute Gasteiger partial charge is 0.486 e. The van der Waals surface area contributed by atoms with Crippen molar-refractivity contribution in [2.45, 2.75) is 19.8 Å². The number of hydrogen-bond acceptors (Lipinski definition) is 3. The van der Waals surface area contributed by atoms with Crippen LogP contribution in [0.1, 0.15) is 18.1 Å². The van der Waals surface area contributed by atoms with Gasteiger partial charge in [-0.2, -0.15) is 5.26 Å². The zero-order valence-corrected chi connectivity index (χ0v) is 10.6. The molecule has 0 saturated heterocycles. The number of rotatable bonds is 2. The maximum Gasteiger partial charge on any atom is 0.175 e. The summed E-state index contributed by atoms with van der Waals surface area (Å²) in [5.41, 5.74) is 2.15. The molecule has 0 bridgehead atoms. The fourth-order valence-corrected chi connectivity index (χ4v) is 2.70. The van der Waals surface area contributed by atoms with E-state index in [1.54, 1.807) is 0 Å². The number of ether oxygens (including phenoxy) is 2. The molecule has 1 aliphatic rings. The summed E-state index contributed by atoms with van der Waals surface area (Å²) in [5, 5.41) is 8.80. The third-order valence-corrected chi connectivity index (χ3v) is 3.43. The van der Waals surface area contributed by atoms with Gasteiger partial charge < -0.3 is 9.47 Å². The zero-order chi connectivity index (χ0) is 11.5. The molecule has 0 atom stereocenters. The van der Waals surface area contributed by atoms with Crippen molar-refractivity contribution in [1.29, 1.82) is 5.26 Å². The van der Waals surface area contributed by atoms with Gasteiger partial charge in [0.15, 0.2) is 11.5 Å². The van der Waals surface area contributed by atoms with Crippen molar-refractivity contribution >= 4 is 15.9 Å². The van der Waals surface area contributed by atoms with Crippen LogP contribution in [0, 0.1) is 11.3 Å². The Bertz CT molecular complexity index is 451. The maximum atomic E-state index is 8.80. The summed E-state index contributed by atoms with van der Waals surface area (Å²) in [6.07, 6.45) is 1.27. The first-order valence-electron chi connectivity index (χ1n) is 5.24. The Balaban J connectivity index is 2.55. The van der Waals surface area contributed by atoms with Gasteiger partial charge in [-0.15, -0.1) is 0 Å². The van der Waals surface area contributed by atoms with Crippen LogP contribution >= 0.6 is 15.9 Å². The lowest BCUT2D eigenvalue weighted by Gasteiger charge is -2.22. The van der Waals surface area contributed by atoms with Gasteiger partial charge in [0.1, 0.15) is 13.2 Å². The number of nitrogens with zero attached hydrogens (tertiary/aromatic N) is 1. The summed E-state index contributed by atoms with van der Waals surface area (Å²) in [4.78, 5) is 0.